The van der Waals surface area contributed by atoms with Crippen molar-refractivity contribution in [3.8, 4) is 0 Å². The Morgan fingerprint density at radius 2 is 0.678 bits per heavy atom. The Morgan fingerprint density at radius 3 is 0.831 bits per heavy atom. The molecule has 4 rings (SSSR count). The Kier molecular flexibility index (Phi) is 28.0. The molecule has 19 heteroatoms. The van der Waals surface area contributed by atoms with E-state index in [2.05, 4.69) is 29.7 Å². The van der Waals surface area contributed by atoms with Gasteiger partial charge in [-0.05, 0) is 51.1 Å². The number of nitrogens with zero attached hydrogens (tertiary/aromatic N) is 6. The summed E-state index contributed by atoms with van der Waals surface area (Å²) in [4.78, 5) is 56.4. The van der Waals surface area contributed by atoms with Crippen molar-refractivity contribution in [1.29, 1.82) is 0 Å². The van der Waals surface area contributed by atoms with Gasteiger partial charge in [-0.15, -0.1) is 0 Å². The summed E-state index contributed by atoms with van der Waals surface area (Å²) < 4.78 is 0. The van der Waals surface area contributed by atoms with E-state index in [9.17, 15) is 29.7 Å². The predicted molar refractivity (Wildman–Crippen MR) is 215 cm³/mol. The Hall–Kier alpha value is -2.98. The third kappa shape index (κ3) is 17.9. The fourth-order valence-electron chi connectivity index (χ4n) is 6.39. The second-order valence-electron chi connectivity index (χ2n) is 16.5. The smallest absolute Gasteiger partial charge is 0.543 e. The average molecular weight is 996 g/mol. The number of carboxylic acid groups (broad SMARTS) is 3. The molecule has 0 spiro atoms. The number of pyridine rings is 3. The number of hydrogen-bond acceptors (Lipinski definition) is 13. The van der Waals surface area contributed by atoms with Crippen LogP contribution in [0.3, 0.4) is 0 Å². The van der Waals surface area contributed by atoms with Crippen LogP contribution in [-0.4, -0.2) is 121 Å². The van der Waals surface area contributed by atoms with Gasteiger partial charge in [0, 0.05) is 66.0 Å². The molecule has 0 aliphatic carbocycles. The number of carbonyl (C=O) groups excluding carboxylic acids is 3. The molecule has 4 heterocycles. The van der Waals surface area contributed by atoms with E-state index in [-0.39, 0.29) is 91.4 Å². The molecule has 0 aromatic carbocycles. The van der Waals surface area contributed by atoms with Crippen molar-refractivity contribution in [2.24, 2.45) is 0 Å². The zero-order valence-electron chi connectivity index (χ0n) is 35.8. The molecule has 1 aliphatic rings. The van der Waals surface area contributed by atoms with Gasteiger partial charge < -0.3 is 62.2 Å². The maximum Gasteiger partial charge on any atom is 2.00 e. The average Bonchev–Trinajstić information content (AvgIpc) is 3.15. The van der Waals surface area contributed by atoms with Gasteiger partial charge in [0.05, 0.1) is 52.1 Å². The molecule has 1 aliphatic heterocycles. The van der Waals surface area contributed by atoms with Crippen LogP contribution < -0.4 is 15.3 Å². The second kappa shape index (κ2) is 26.4. The molecule has 1 saturated heterocycles. The summed E-state index contributed by atoms with van der Waals surface area (Å²) in [5.74, 6) is -3.94. The molecule has 1 fully saturated rings. The van der Waals surface area contributed by atoms with Crippen LogP contribution >= 0.6 is 0 Å². The third-order valence-electron chi connectivity index (χ3n) is 9.22. The molecule has 0 unspecified atom stereocenters. The number of carboxylic acids is 3. The van der Waals surface area contributed by atoms with Crippen LogP contribution in [0.25, 0.3) is 0 Å². The second-order valence-corrected chi connectivity index (χ2v) is 16.5. The number of hydrogen-bond donors (Lipinski definition) is 1. The fourth-order valence-corrected chi connectivity index (χ4v) is 6.39. The maximum atomic E-state index is 12.1. The van der Waals surface area contributed by atoms with E-state index in [1.165, 1.54) is 0 Å². The van der Waals surface area contributed by atoms with Crippen LogP contribution in [0.1, 0.15) is 128 Å². The van der Waals surface area contributed by atoms with Gasteiger partial charge in [0.15, 0.2) is 0 Å². The van der Waals surface area contributed by atoms with Gasteiger partial charge in [0.1, 0.15) is 0 Å². The Labute approximate surface area is 385 Å². The quantitative estimate of drug-likeness (QED) is 0.210. The van der Waals surface area contributed by atoms with Gasteiger partial charge in [-0.3, -0.25) is 14.7 Å². The van der Waals surface area contributed by atoms with Crippen LogP contribution in [0.4, 0.5) is 0 Å². The summed E-state index contributed by atoms with van der Waals surface area (Å²) >= 11 is 0. The van der Waals surface area contributed by atoms with Crippen LogP contribution in [0.2, 0.25) is 0 Å². The first kappa shape index (κ1) is 62.7. The number of aromatic carboxylic acids is 3. The minimum Gasteiger partial charge on any atom is -0.543 e. The summed E-state index contributed by atoms with van der Waals surface area (Å²) in [6, 6.07) is 11.0. The van der Waals surface area contributed by atoms with Crippen LogP contribution in [0.15, 0.2) is 36.4 Å². The van der Waals surface area contributed by atoms with E-state index in [1.807, 2.05) is 98.7 Å². The van der Waals surface area contributed by atoms with Gasteiger partial charge in [-0.2, -0.15) is 0 Å². The first-order chi connectivity index (χ1) is 24.6. The minimum atomic E-state index is -1.31. The van der Waals surface area contributed by atoms with Crippen molar-refractivity contribution in [3.63, 3.8) is 0 Å². The van der Waals surface area contributed by atoms with Crippen molar-refractivity contribution in [1.82, 2.24) is 29.7 Å². The number of rotatable bonds is 9. The Balaban J connectivity index is -0.00000186. The summed E-state index contributed by atoms with van der Waals surface area (Å²) in [7, 11) is 1.00. The molecule has 0 bridgehead atoms. The Morgan fingerprint density at radius 1 is 0.492 bits per heavy atom. The summed E-state index contributed by atoms with van der Waals surface area (Å²) in [6.45, 7) is 22.3. The largest absolute Gasteiger partial charge is 2.00 e. The molecule has 12 N–H and O–H groups in total. The number of aliphatic hydroxyl groups is 1. The zero-order chi connectivity index (χ0) is 39.9. The van der Waals surface area contributed by atoms with Crippen LogP contribution in [0, 0.1) is 46.9 Å². The molecule has 0 amide bonds. The Bertz CT molecular complexity index is 1560. The van der Waals surface area contributed by atoms with Crippen molar-refractivity contribution in [3.05, 3.63) is 87.3 Å². The summed E-state index contributed by atoms with van der Waals surface area (Å²) in [5, 5.41) is 43.2. The molecule has 0 atom stereocenters. The fraction of sp³-hybridized carbons (Fsp3) is 0.550. The third-order valence-corrected chi connectivity index (χ3v) is 9.22. The van der Waals surface area contributed by atoms with Crippen molar-refractivity contribution >= 4 is 17.9 Å². The first-order valence-electron chi connectivity index (χ1n) is 17.9. The summed E-state index contributed by atoms with van der Waals surface area (Å²) in [5.41, 5.74) is 2.18. The van der Waals surface area contributed by atoms with Crippen LogP contribution in [0.5, 0.6) is 0 Å². The SMILES string of the molecule is CC(C)(C)c1ccc(CN2CCN(Cc3ccc(C(C)(C)C)c(C(=O)[O-])n3)CCN(Cc3ccc(C(C)(C)C)c(C(=O)[O-])n3)CC2)nc1C(=O)[O-].CO.O.O.O.O.[OH3+].[Yb+2]. The first-order valence-corrected chi connectivity index (χ1v) is 17.9. The van der Waals surface area contributed by atoms with Crippen molar-refractivity contribution in [2.75, 3.05) is 46.4 Å². The van der Waals surface area contributed by atoms with Gasteiger partial charge in [0.25, 0.3) is 0 Å². The predicted octanol–water partition coefficient (Wildman–Crippen LogP) is -2.94. The van der Waals surface area contributed by atoms with Crippen LogP contribution in [-0.2, 0) is 41.4 Å². The molecule has 0 saturated carbocycles. The normalized spacial score (nSPS) is 13.9. The molecule has 0 radical (unpaired) electrons. The molecule has 3 aromatic rings. The van der Waals surface area contributed by atoms with Gasteiger partial charge >= 0.3 is 46.9 Å². The van der Waals surface area contributed by atoms with E-state index < -0.39 is 34.2 Å². The molecule has 342 valence electrons. The van der Waals surface area contributed by atoms with Crippen molar-refractivity contribution in [2.45, 2.75) is 98.2 Å². The maximum absolute atomic E-state index is 12.1. The van der Waals surface area contributed by atoms with E-state index >= 15 is 0 Å². The molecule has 18 nitrogen and oxygen atoms in total. The molecule has 3 aromatic heterocycles. The summed E-state index contributed by atoms with van der Waals surface area (Å²) in [6.07, 6.45) is 0. The van der Waals surface area contributed by atoms with Gasteiger partial charge in [-0.1, -0.05) is 80.5 Å². The van der Waals surface area contributed by atoms with Gasteiger partial charge in [0.2, 0.25) is 0 Å². The molecule has 59 heavy (non-hydrogen) atoms. The molecular weight excluding hydrogens is 930 g/mol. The van der Waals surface area contributed by atoms with Crippen molar-refractivity contribution < 1.29 is 109 Å². The topological polar surface area (TPSA) is 348 Å². The standard InChI is InChI=1S/C39H54N6O6.CH4O.5H2O.Yb/c1-37(2,3)28-13-10-25(40-31(28)34(46)47)22-43-16-18-44(23-26-11-14-29(38(4,5)6)32(41-26)35(48)49)20-21-45(19-17-43)24-27-12-15-30(39(7,8)9)33(42-27)36(50)51;1-2;;;;;;/h10-15H,16-24H2,1-9H3,(H,46,47)(H,48,49)(H,50,51);2H,1H3;5*1H2;/q;;;;;;;+2/p-2. The minimum absolute atomic E-state index is 0. The zero-order valence-corrected chi connectivity index (χ0v) is 37.5. The molecular formula is C40H66N6O12Yb. The number of carbonyl (C=O) groups is 3. The van der Waals surface area contributed by atoms with E-state index in [1.54, 1.807) is 0 Å². The van der Waals surface area contributed by atoms with E-state index in [0.29, 0.717) is 92.7 Å². The number of aliphatic hydroxyl groups excluding tert-OH is 1. The van der Waals surface area contributed by atoms with E-state index in [0.717, 1.165) is 7.11 Å². The monoisotopic (exact) mass is 996 g/mol. The number of aromatic nitrogens is 3. The van der Waals surface area contributed by atoms with E-state index in [4.69, 9.17) is 5.11 Å². The van der Waals surface area contributed by atoms with Gasteiger partial charge in [-0.25, -0.2) is 15.0 Å².